The fourth-order valence-corrected chi connectivity index (χ4v) is 4.54. The fourth-order valence-electron chi connectivity index (χ4n) is 4.20. The van der Waals surface area contributed by atoms with Crippen LogP contribution in [0, 0.1) is 20.8 Å². The van der Waals surface area contributed by atoms with Crippen LogP contribution in [0.25, 0.3) is 0 Å². The van der Waals surface area contributed by atoms with Gasteiger partial charge in [0, 0.05) is 43.3 Å². The minimum absolute atomic E-state index is 0.0235. The van der Waals surface area contributed by atoms with E-state index in [4.69, 9.17) is 12.2 Å². The van der Waals surface area contributed by atoms with Crippen molar-refractivity contribution in [2.24, 2.45) is 7.05 Å². The molecule has 1 saturated heterocycles. The first-order valence-electron chi connectivity index (χ1n) is 10.8. The van der Waals surface area contributed by atoms with Gasteiger partial charge in [0.15, 0.2) is 5.11 Å². The highest BCUT2D eigenvalue weighted by Gasteiger charge is 2.41. The Bertz CT molecular complexity index is 1140. The number of rotatable bonds is 6. The molecule has 0 spiro atoms. The first-order valence-corrected chi connectivity index (χ1v) is 11.2. The molecule has 0 aliphatic carbocycles. The lowest BCUT2D eigenvalue weighted by atomic mass is 10.0. The minimum atomic E-state index is -0.0845. The third kappa shape index (κ3) is 4.39. The molecule has 6 nitrogen and oxygen atoms in total. The summed E-state index contributed by atoms with van der Waals surface area (Å²) in [7, 11) is 2.06. The van der Waals surface area contributed by atoms with Crippen molar-refractivity contribution in [3.05, 3.63) is 82.9 Å². The molecule has 0 saturated carbocycles. The predicted molar refractivity (Wildman–Crippen MR) is 131 cm³/mol. The molecule has 0 radical (unpaired) electrons. The molecular formula is C25H29N5OS. The number of amides is 1. The lowest BCUT2D eigenvalue weighted by Gasteiger charge is -2.28. The van der Waals surface area contributed by atoms with Crippen LogP contribution in [-0.2, 0) is 11.8 Å². The van der Waals surface area contributed by atoms with Crippen LogP contribution in [0.1, 0.15) is 46.7 Å². The number of benzene rings is 1. The molecule has 0 bridgehead atoms. The van der Waals surface area contributed by atoms with Crippen LogP contribution in [0.3, 0.4) is 0 Å². The first kappa shape index (κ1) is 22.0. The molecule has 1 fully saturated rings. The number of carbonyl (C=O) groups excluding carboxylic acids is 1. The maximum absolute atomic E-state index is 12.8. The van der Waals surface area contributed by atoms with Gasteiger partial charge in [-0.05, 0) is 74.4 Å². The monoisotopic (exact) mass is 447 g/mol. The van der Waals surface area contributed by atoms with Crippen molar-refractivity contribution in [2.75, 3.05) is 11.9 Å². The number of anilines is 1. The van der Waals surface area contributed by atoms with E-state index in [0.717, 1.165) is 28.2 Å². The van der Waals surface area contributed by atoms with Crippen LogP contribution in [-0.4, -0.2) is 32.0 Å². The fraction of sp³-hybridized carbons (Fsp3) is 0.320. The summed E-state index contributed by atoms with van der Waals surface area (Å²) in [5.41, 5.74) is 6.27. The van der Waals surface area contributed by atoms with Crippen molar-refractivity contribution < 1.29 is 4.79 Å². The Hall–Kier alpha value is -3.19. The quantitative estimate of drug-likeness (QED) is 0.550. The summed E-state index contributed by atoms with van der Waals surface area (Å²) in [5, 5.41) is 7.14. The minimum Gasteiger partial charge on any atom is -0.352 e. The van der Waals surface area contributed by atoms with Crippen LogP contribution in [0.15, 0.2) is 54.7 Å². The zero-order chi connectivity index (χ0) is 22.8. The van der Waals surface area contributed by atoms with E-state index in [1.165, 1.54) is 5.69 Å². The van der Waals surface area contributed by atoms with Gasteiger partial charge >= 0.3 is 0 Å². The van der Waals surface area contributed by atoms with Gasteiger partial charge in [0.05, 0.1) is 17.8 Å². The Morgan fingerprint density at radius 2 is 1.97 bits per heavy atom. The average molecular weight is 448 g/mol. The molecule has 1 aliphatic rings. The smallest absolute Gasteiger partial charge is 0.226 e. The van der Waals surface area contributed by atoms with E-state index in [2.05, 4.69) is 51.2 Å². The van der Waals surface area contributed by atoms with Gasteiger partial charge in [0.2, 0.25) is 5.91 Å². The molecule has 1 aromatic carbocycles. The molecule has 166 valence electrons. The van der Waals surface area contributed by atoms with Gasteiger partial charge in [-0.1, -0.05) is 18.2 Å². The van der Waals surface area contributed by atoms with Crippen LogP contribution >= 0.6 is 12.2 Å². The predicted octanol–water partition coefficient (Wildman–Crippen LogP) is 4.35. The van der Waals surface area contributed by atoms with Gasteiger partial charge in [0.25, 0.3) is 0 Å². The highest BCUT2D eigenvalue weighted by atomic mass is 32.1. The van der Waals surface area contributed by atoms with Crippen LogP contribution in [0.5, 0.6) is 0 Å². The van der Waals surface area contributed by atoms with Gasteiger partial charge < -0.3 is 20.1 Å². The van der Waals surface area contributed by atoms with E-state index < -0.39 is 0 Å². The third-order valence-corrected chi connectivity index (χ3v) is 6.51. The largest absolute Gasteiger partial charge is 0.352 e. The number of thiocarbonyl (C=S) groups is 1. The van der Waals surface area contributed by atoms with E-state index in [9.17, 15) is 4.79 Å². The second-order valence-electron chi connectivity index (χ2n) is 8.40. The van der Waals surface area contributed by atoms with E-state index in [1.54, 1.807) is 6.20 Å². The van der Waals surface area contributed by atoms with Gasteiger partial charge in [-0.2, -0.15) is 0 Å². The van der Waals surface area contributed by atoms with Crippen molar-refractivity contribution in [1.29, 1.82) is 0 Å². The molecule has 1 amide bonds. The van der Waals surface area contributed by atoms with Crippen molar-refractivity contribution in [3.8, 4) is 0 Å². The Kier molecular flexibility index (Phi) is 6.28. The Balaban J connectivity index is 1.56. The van der Waals surface area contributed by atoms with E-state index in [1.807, 2.05) is 50.2 Å². The SMILES string of the molecule is Cc1ccc(C)c(NC(=O)CCN2C(=S)N[C@@H](c3ccccn3)[C@H]2c2ccc(C)n2C)c1. The van der Waals surface area contributed by atoms with Crippen molar-refractivity contribution in [3.63, 3.8) is 0 Å². The van der Waals surface area contributed by atoms with Crippen molar-refractivity contribution in [1.82, 2.24) is 19.8 Å². The second kappa shape index (κ2) is 9.12. The number of carbonyl (C=O) groups is 1. The van der Waals surface area contributed by atoms with Crippen molar-refractivity contribution in [2.45, 2.75) is 39.3 Å². The zero-order valence-corrected chi connectivity index (χ0v) is 19.7. The number of nitrogens with one attached hydrogen (secondary N) is 2. The molecule has 2 aromatic heterocycles. The summed E-state index contributed by atoms with van der Waals surface area (Å²) < 4.78 is 2.18. The van der Waals surface area contributed by atoms with Gasteiger partial charge in [-0.25, -0.2) is 0 Å². The Labute approximate surface area is 194 Å². The summed E-state index contributed by atoms with van der Waals surface area (Å²) in [5.74, 6) is -0.0235. The van der Waals surface area contributed by atoms with Crippen LogP contribution in [0.2, 0.25) is 0 Å². The molecule has 2 N–H and O–H groups in total. The van der Waals surface area contributed by atoms with Crippen LogP contribution < -0.4 is 10.6 Å². The topological polar surface area (TPSA) is 62.2 Å². The summed E-state index contributed by atoms with van der Waals surface area (Å²) in [4.78, 5) is 19.5. The molecular weight excluding hydrogens is 418 g/mol. The highest BCUT2D eigenvalue weighted by Crippen LogP contribution is 2.39. The molecule has 32 heavy (non-hydrogen) atoms. The highest BCUT2D eigenvalue weighted by molar-refractivity contribution is 7.80. The number of aryl methyl sites for hydroxylation is 3. The summed E-state index contributed by atoms with van der Waals surface area (Å²) in [6, 6.07) is 16.1. The number of hydrogen-bond acceptors (Lipinski definition) is 3. The third-order valence-electron chi connectivity index (χ3n) is 6.16. The molecule has 1 aliphatic heterocycles. The molecule has 3 heterocycles. The number of hydrogen-bond donors (Lipinski definition) is 2. The summed E-state index contributed by atoms with van der Waals surface area (Å²) >= 11 is 5.71. The van der Waals surface area contributed by atoms with Gasteiger partial charge in [-0.3, -0.25) is 9.78 Å². The van der Waals surface area contributed by atoms with Gasteiger partial charge in [0.1, 0.15) is 0 Å². The normalized spacial score (nSPS) is 18.0. The Morgan fingerprint density at radius 3 is 2.66 bits per heavy atom. The maximum Gasteiger partial charge on any atom is 0.226 e. The lowest BCUT2D eigenvalue weighted by molar-refractivity contribution is -0.116. The summed E-state index contributed by atoms with van der Waals surface area (Å²) in [6.45, 7) is 6.62. The molecule has 0 unspecified atom stereocenters. The second-order valence-corrected chi connectivity index (χ2v) is 8.78. The lowest BCUT2D eigenvalue weighted by Crippen LogP contribution is -2.33. The number of aromatic nitrogens is 2. The number of nitrogens with zero attached hydrogens (tertiary/aromatic N) is 3. The Morgan fingerprint density at radius 1 is 1.16 bits per heavy atom. The molecule has 2 atom stereocenters. The van der Waals surface area contributed by atoms with Crippen LogP contribution in [0.4, 0.5) is 5.69 Å². The van der Waals surface area contributed by atoms with E-state index in [-0.39, 0.29) is 18.0 Å². The molecule has 4 rings (SSSR count). The summed E-state index contributed by atoms with van der Waals surface area (Å²) in [6.07, 6.45) is 2.14. The number of pyridine rings is 1. The standard InChI is InChI=1S/C25H29N5OS/c1-16-8-9-17(2)20(15-16)27-22(31)12-14-30-24(21-11-10-18(3)29(21)4)23(28-25(30)32)19-7-5-6-13-26-19/h5-11,13,15,23-24H,12,14H2,1-4H3,(H,27,31)(H,28,32)/t23-,24+/m0/s1. The van der Waals surface area contributed by atoms with Crippen molar-refractivity contribution >= 4 is 28.9 Å². The first-order chi connectivity index (χ1) is 15.3. The average Bonchev–Trinajstić information content (AvgIpc) is 3.28. The van der Waals surface area contributed by atoms with E-state index >= 15 is 0 Å². The molecule has 3 aromatic rings. The zero-order valence-electron chi connectivity index (χ0n) is 18.9. The molecule has 7 heteroatoms. The van der Waals surface area contributed by atoms with E-state index in [0.29, 0.717) is 18.1 Å². The maximum atomic E-state index is 12.8. The van der Waals surface area contributed by atoms with Gasteiger partial charge in [-0.15, -0.1) is 0 Å².